The molecule has 1 aromatic heterocycles. The molecule has 0 aliphatic carbocycles. The Morgan fingerprint density at radius 3 is 2.26 bits per heavy atom. The fraction of sp³-hybridized carbons (Fsp3) is 0.217. The van der Waals surface area contributed by atoms with Crippen LogP contribution in [-0.4, -0.2) is 18.1 Å². The Morgan fingerprint density at radius 2 is 1.56 bits per heavy atom. The maximum absolute atomic E-state index is 4.94. The molecule has 3 aromatic carbocycles. The minimum absolute atomic E-state index is 0. The number of anilines is 1. The number of aromatic nitrogens is 2. The summed E-state index contributed by atoms with van der Waals surface area (Å²) in [4.78, 5) is 7.31. The standard InChI is InChI=1S/C23H24N3.ClH/c1-4-25(5-2)19-12-13-20-23(16-19)26(18-9-7-6-8-10-18)22-14-11-17(3)15-21(22)24-20;/h6-16H,4-5H2,1-3H3;1H/q+1;/p-1. The monoisotopic (exact) mass is 377 g/mol. The molecule has 27 heavy (non-hydrogen) atoms. The lowest BCUT2D eigenvalue weighted by molar-refractivity contribution is -0.538. The van der Waals surface area contributed by atoms with Gasteiger partial charge in [-0.1, -0.05) is 24.3 Å². The minimum atomic E-state index is 0. The maximum atomic E-state index is 4.94. The Kier molecular flexibility index (Phi) is 5.62. The van der Waals surface area contributed by atoms with Crippen LogP contribution in [0.2, 0.25) is 0 Å². The van der Waals surface area contributed by atoms with Gasteiger partial charge in [-0.25, -0.2) is 4.98 Å². The second-order valence-corrected chi connectivity index (χ2v) is 6.62. The van der Waals surface area contributed by atoms with Gasteiger partial charge in [-0.3, -0.25) is 0 Å². The largest absolute Gasteiger partial charge is 1.00 e. The van der Waals surface area contributed by atoms with Gasteiger partial charge in [-0.05, 0) is 44.5 Å². The lowest BCUT2D eigenvalue weighted by Gasteiger charge is -2.20. The second kappa shape index (κ2) is 7.93. The minimum Gasteiger partial charge on any atom is -1.00 e. The number of benzene rings is 3. The van der Waals surface area contributed by atoms with Gasteiger partial charge in [0, 0.05) is 43.0 Å². The Bertz CT molecular complexity index is 1070. The number of halogens is 1. The van der Waals surface area contributed by atoms with E-state index in [2.05, 4.69) is 97.0 Å². The summed E-state index contributed by atoms with van der Waals surface area (Å²) in [5.41, 5.74) is 7.93. The lowest BCUT2D eigenvalue weighted by Crippen LogP contribution is -3.00. The van der Waals surface area contributed by atoms with Crippen LogP contribution < -0.4 is 21.9 Å². The van der Waals surface area contributed by atoms with Crippen molar-refractivity contribution in [2.45, 2.75) is 20.8 Å². The van der Waals surface area contributed by atoms with Crippen molar-refractivity contribution in [3.63, 3.8) is 0 Å². The zero-order valence-electron chi connectivity index (χ0n) is 16.0. The molecule has 4 heteroatoms. The molecule has 0 N–H and O–H groups in total. The van der Waals surface area contributed by atoms with Gasteiger partial charge in [0.2, 0.25) is 16.7 Å². The van der Waals surface area contributed by atoms with Crippen LogP contribution in [-0.2, 0) is 0 Å². The van der Waals surface area contributed by atoms with E-state index in [0.29, 0.717) is 0 Å². The van der Waals surface area contributed by atoms with Crippen LogP contribution >= 0.6 is 0 Å². The topological polar surface area (TPSA) is 20.0 Å². The SMILES string of the molecule is CCN(CC)c1ccc2nc3cc(C)ccc3[n+](-c3ccccc3)c2c1.[Cl-]. The number of nitrogens with zero attached hydrogens (tertiary/aromatic N) is 3. The van der Waals surface area contributed by atoms with E-state index in [1.54, 1.807) is 0 Å². The summed E-state index contributed by atoms with van der Waals surface area (Å²) >= 11 is 0. The Balaban J connectivity index is 0.00000210. The molecular formula is C23H24ClN3. The number of para-hydroxylation sites is 1. The molecule has 0 atom stereocenters. The number of hydrogen-bond acceptors (Lipinski definition) is 2. The number of fused-ring (bicyclic) bond motifs is 2. The van der Waals surface area contributed by atoms with Crippen molar-refractivity contribution >= 4 is 27.8 Å². The van der Waals surface area contributed by atoms with Gasteiger partial charge in [-0.2, -0.15) is 0 Å². The highest BCUT2D eigenvalue weighted by Crippen LogP contribution is 2.23. The first kappa shape index (κ1) is 19.1. The van der Waals surface area contributed by atoms with E-state index < -0.39 is 0 Å². The summed E-state index contributed by atoms with van der Waals surface area (Å²) in [5, 5.41) is 0. The Hall–Kier alpha value is -2.65. The molecule has 1 heterocycles. The molecule has 4 aromatic rings. The van der Waals surface area contributed by atoms with E-state index in [1.165, 1.54) is 11.3 Å². The van der Waals surface area contributed by atoms with Gasteiger partial charge < -0.3 is 17.3 Å². The van der Waals surface area contributed by atoms with Crippen LogP contribution in [0.1, 0.15) is 19.4 Å². The van der Waals surface area contributed by atoms with Crippen LogP contribution in [0, 0.1) is 6.92 Å². The van der Waals surface area contributed by atoms with Crippen LogP contribution in [0.5, 0.6) is 0 Å². The summed E-state index contributed by atoms with van der Waals surface area (Å²) in [6, 6.07) is 23.6. The smallest absolute Gasteiger partial charge is 0.239 e. The Morgan fingerprint density at radius 1 is 0.815 bits per heavy atom. The molecule has 0 amide bonds. The molecule has 0 fully saturated rings. The Labute approximate surface area is 166 Å². The van der Waals surface area contributed by atoms with Crippen molar-refractivity contribution in [2.24, 2.45) is 0 Å². The first-order valence-corrected chi connectivity index (χ1v) is 9.28. The molecule has 3 nitrogen and oxygen atoms in total. The van der Waals surface area contributed by atoms with Crippen molar-refractivity contribution in [1.82, 2.24) is 4.98 Å². The summed E-state index contributed by atoms with van der Waals surface area (Å²) in [5.74, 6) is 0. The van der Waals surface area contributed by atoms with E-state index in [4.69, 9.17) is 4.98 Å². The number of rotatable bonds is 4. The molecule has 0 bridgehead atoms. The average molecular weight is 378 g/mol. The van der Waals surface area contributed by atoms with Crippen LogP contribution in [0.4, 0.5) is 5.69 Å². The lowest BCUT2D eigenvalue weighted by atomic mass is 10.1. The van der Waals surface area contributed by atoms with Gasteiger partial charge in [0.15, 0.2) is 0 Å². The molecule has 0 radical (unpaired) electrons. The quantitative estimate of drug-likeness (QED) is 0.399. The molecule has 0 saturated carbocycles. The molecule has 4 rings (SSSR count). The predicted molar refractivity (Wildman–Crippen MR) is 109 cm³/mol. The number of aryl methyl sites for hydroxylation is 1. The van der Waals surface area contributed by atoms with Gasteiger partial charge in [0.25, 0.3) is 0 Å². The molecule has 0 spiro atoms. The average Bonchev–Trinajstić information content (AvgIpc) is 2.67. The van der Waals surface area contributed by atoms with E-state index in [0.717, 1.165) is 40.8 Å². The molecule has 0 unspecified atom stereocenters. The van der Waals surface area contributed by atoms with E-state index in [-0.39, 0.29) is 12.4 Å². The summed E-state index contributed by atoms with van der Waals surface area (Å²) in [7, 11) is 0. The zero-order chi connectivity index (χ0) is 18.1. The molecule has 0 aliphatic rings. The van der Waals surface area contributed by atoms with Gasteiger partial charge >= 0.3 is 0 Å². The highest BCUT2D eigenvalue weighted by atomic mass is 35.5. The van der Waals surface area contributed by atoms with Gasteiger partial charge in [0.1, 0.15) is 11.0 Å². The van der Waals surface area contributed by atoms with Crippen molar-refractivity contribution in [3.05, 3.63) is 72.3 Å². The second-order valence-electron chi connectivity index (χ2n) is 6.62. The molecular weight excluding hydrogens is 354 g/mol. The third-order valence-electron chi connectivity index (χ3n) is 4.96. The van der Waals surface area contributed by atoms with Gasteiger partial charge in [-0.15, -0.1) is 4.57 Å². The maximum Gasteiger partial charge on any atom is 0.239 e. The highest BCUT2D eigenvalue weighted by molar-refractivity contribution is 5.84. The third kappa shape index (κ3) is 3.47. The molecule has 0 aliphatic heterocycles. The predicted octanol–water partition coefficient (Wildman–Crippen LogP) is 1.82. The van der Waals surface area contributed by atoms with Crippen LogP contribution in [0.15, 0.2) is 66.7 Å². The summed E-state index contributed by atoms with van der Waals surface area (Å²) in [6.07, 6.45) is 0. The first-order valence-electron chi connectivity index (χ1n) is 9.28. The first-order chi connectivity index (χ1) is 12.7. The van der Waals surface area contributed by atoms with E-state index in [1.807, 2.05) is 0 Å². The van der Waals surface area contributed by atoms with Crippen molar-refractivity contribution in [3.8, 4) is 5.69 Å². The normalized spacial score (nSPS) is 10.8. The summed E-state index contributed by atoms with van der Waals surface area (Å²) < 4.78 is 2.32. The fourth-order valence-corrected chi connectivity index (χ4v) is 3.60. The molecule has 138 valence electrons. The summed E-state index contributed by atoms with van der Waals surface area (Å²) in [6.45, 7) is 8.49. The fourth-order valence-electron chi connectivity index (χ4n) is 3.60. The van der Waals surface area contributed by atoms with E-state index >= 15 is 0 Å². The number of hydrogen-bond donors (Lipinski definition) is 0. The van der Waals surface area contributed by atoms with Crippen molar-refractivity contribution < 1.29 is 17.0 Å². The van der Waals surface area contributed by atoms with Crippen LogP contribution in [0.3, 0.4) is 0 Å². The molecule has 0 saturated heterocycles. The third-order valence-corrected chi connectivity index (χ3v) is 4.96. The van der Waals surface area contributed by atoms with Crippen molar-refractivity contribution in [1.29, 1.82) is 0 Å². The van der Waals surface area contributed by atoms with E-state index in [9.17, 15) is 0 Å². The van der Waals surface area contributed by atoms with Crippen LogP contribution in [0.25, 0.3) is 27.8 Å². The highest BCUT2D eigenvalue weighted by Gasteiger charge is 2.20. The van der Waals surface area contributed by atoms with Crippen molar-refractivity contribution in [2.75, 3.05) is 18.0 Å². The van der Waals surface area contributed by atoms with Gasteiger partial charge in [0.05, 0.1) is 0 Å². The zero-order valence-corrected chi connectivity index (χ0v) is 16.7.